The van der Waals surface area contributed by atoms with E-state index in [1.165, 1.54) is 11.3 Å². The average molecular weight is 352 g/mol. The molecular formula is C22H28N2O2. The quantitative estimate of drug-likeness (QED) is 0.856. The zero-order valence-electron chi connectivity index (χ0n) is 15.7. The molecule has 1 amide bonds. The number of ether oxygens (including phenoxy) is 1. The molecule has 26 heavy (non-hydrogen) atoms. The minimum Gasteiger partial charge on any atom is -0.494 e. The molecule has 0 bridgehead atoms. The number of hydrogen-bond acceptors (Lipinski definition) is 3. The minimum absolute atomic E-state index is 0.103. The van der Waals surface area contributed by atoms with Crippen LogP contribution in [0.5, 0.6) is 5.75 Å². The van der Waals surface area contributed by atoms with Gasteiger partial charge in [-0.05, 0) is 56.5 Å². The molecule has 0 radical (unpaired) electrons. The van der Waals surface area contributed by atoms with Crippen molar-refractivity contribution in [1.29, 1.82) is 0 Å². The van der Waals surface area contributed by atoms with E-state index in [9.17, 15) is 4.79 Å². The van der Waals surface area contributed by atoms with Crippen LogP contribution in [0.2, 0.25) is 0 Å². The Kier molecular flexibility index (Phi) is 6.16. The van der Waals surface area contributed by atoms with E-state index in [2.05, 4.69) is 41.4 Å². The largest absolute Gasteiger partial charge is 0.494 e. The number of nitrogens with one attached hydrogen (secondary N) is 1. The molecule has 1 N–H and O–H groups in total. The summed E-state index contributed by atoms with van der Waals surface area (Å²) in [6.45, 7) is 7.14. The second-order valence-electron chi connectivity index (χ2n) is 6.90. The predicted molar refractivity (Wildman–Crippen MR) is 106 cm³/mol. The van der Waals surface area contributed by atoms with Gasteiger partial charge >= 0.3 is 0 Å². The molecule has 0 atom stereocenters. The fraction of sp³-hybridized carbons (Fsp3) is 0.409. The summed E-state index contributed by atoms with van der Waals surface area (Å²) in [5.41, 5.74) is 3.60. The third-order valence-corrected chi connectivity index (χ3v) is 4.94. The van der Waals surface area contributed by atoms with Crippen molar-refractivity contribution in [1.82, 2.24) is 5.32 Å². The Labute approximate surface area is 156 Å². The molecule has 2 aromatic rings. The van der Waals surface area contributed by atoms with Gasteiger partial charge in [-0.2, -0.15) is 0 Å². The summed E-state index contributed by atoms with van der Waals surface area (Å²) >= 11 is 0. The van der Waals surface area contributed by atoms with Crippen molar-refractivity contribution >= 4 is 11.6 Å². The molecule has 4 nitrogen and oxygen atoms in total. The number of rotatable bonds is 6. The van der Waals surface area contributed by atoms with Crippen molar-refractivity contribution in [3.63, 3.8) is 0 Å². The number of benzene rings is 2. The highest BCUT2D eigenvalue weighted by molar-refractivity contribution is 5.79. The Morgan fingerprint density at radius 3 is 2.58 bits per heavy atom. The number of anilines is 1. The molecular weight excluding hydrogens is 324 g/mol. The first-order valence-electron chi connectivity index (χ1n) is 9.47. The molecule has 1 aliphatic rings. The van der Waals surface area contributed by atoms with Gasteiger partial charge in [-0.3, -0.25) is 4.79 Å². The molecule has 0 spiro atoms. The van der Waals surface area contributed by atoms with Crippen molar-refractivity contribution < 1.29 is 9.53 Å². The van der Waals surface area contributed by atoms with Crippen LogP contribution in [0.4, 0.5) is 5.69 Å². The van der Waals surface area contributed by atoms with Crippen molar-refractivity contribution in [3.05, 3.63) is 59.7 Å². The summed E-state index contributed by atoms with van der Waals surface area (Å²) in [4.78, 5) is 14.9. The number of piperidine rings is 1. The lowest BCUT2D eigenvalue weighted by molar-refractivity contribution is -0.125. The maximum absolute atomic E-state index is 12.5. The van der Waals surface area contributed by atoms with Gasteiger partial charge in [-0.25, -0.2) is 0 Å². The highest BCUT2D eigenvalue weighted by Gasteiger charge is 2.24. The summed E-state index contributed by atoms with van der Waals surface area (Å²) in [7, 11) is 0. The van der Waals surface area contributed by atoms with Gasteiger partial charge in [0.05, 0.1) is 6.61 Å². The predicted octanol–water partition coefficient (Wildman–Crippen LogP) is 3.93. The van der Waals surface area contributed by atoms with E-state index in [-0.39, 0.29) is 11.8 Å². The van der Waals surface area contributed by atoms with Crippen LogP contribution >= 0.6 is 0 Å². The van der Waals surface area contributed by atoms with Gasteiger partial charge < -0.3 is 15.0 Å². The summed E-state index contributed by atoms with van der Waals surface area (Å²) in [6.07, 6.45) is 1.80. The van der Waals surface area contributed by atoms with Crippen molar-refractivity contribution in [2.24, 2.45) is 5.92 Å². The minimum atomic E-state index is 0.103. The summed E-state index contributed by atoms with van der Waals surface area (Å²) < 4.78 is 5.51. The molecule has 1 saturated heterocycles. The van der Waals surface area contributed by atoms with Crippen LogP contribution in [0.25, 0.3) is 0 Å². The molecule has 1 aliphatic heterocycles. The van der Waals surface area contributed by atoms with E-state index in [1.807, 2.05) is 31.2 Å². The first kappa shape index (κ1) is 18.3. The Balaban J connectivity index is 1.47. The third kappa shape index (κ3) is 4.78. The van der Waals surface area contributed by atoms with Gasteiger partial charge in [0.2, 0.25) is 5.91 Å². The number of amides is 1. The van der Waals surface area contributed by atoms with Crippen LogP contribution in [0.3, 0.4) is 0 Å². The standard InChI is InChI=1S/C22H28N2O2/c1-3-26-21-6-4-5-18(15-21)16-23-22(25)19-11-13-24(14-12-19)20-9-7-17(2)8-10-20/h4-10,15,19H,3,11-14,16H2,1-2H3,(H,23,25). The second-order valence-corrected chi connectivity index (χ2v) is 6.90. The lowest BCUT2D eigenvalue weighted by Crippen LogP contribution is -2.40. The molecule has 4 heteroatoms. The summed E-state index contributed by atoms with van der Waals surface area (Å²) in [5.74, 6) is 1.12. The van der Waals surface area contributed by atoms with E-state index in [0.29, 0.717) is 13.2 Å². The van der Waals surface area contributed by atoms with Gasteiger partial charge in [-0.1, -0.05) is 29.8 Å². The average Bonchev–Trinajstić information content (AvgIpc) is 2.67. The lowest BCUT2D eigenvalue weighted by Gasteiger charge is -2.33. The van der Waals surface area contributed by atoms with Crippen LogP contribution in [0, 0.1) is 12.8 Å². The second kappa shape index (κ2) is 8.75. The Bertz CT molecular complexity index is 719. The summed E-state index contributed by atoms with van der Waals surface area (Å²) in [5, 5.41) is 3.09. The fourth-order valence-corrected chi connectivity index (χ4v) is 3.40. The molecule has 0 saturated carbocycles. The van der Waals surface area contributed by atoms with Gasteiger partial charge in [0.1, 0.15) is 5.75 Å². The first-order valence-corrected chi connectivity index (χ1v) is 9.47. The lowest BCUT2D eigenvalue weighted by atomic mass is 9.95. The van der Waals surface area contributed by atoms with E-state index < -0.39 is 0 Å². The SMILES string of the molecule is CCOc1cccc(CNC(=O)C2CCN(c3ccc(C)cc3)CC2)c1. The number of hydrogen-bond donors (Lipinski definition) is 1. The van der Waals surface area contributed by atoms with Gasteiger partial charge in [0.15, 0.2) is 0 Å². The molecule has 2 aromatic carbocycles. The molecule has 0 unspecified atom stereocenters. The smallest absolute Gasteiger partial charge is 0.223 e. The highest BCUT2D eigenvalue weighted by Crippen LogP contribution is 2.24. The van der Waals surface area contributed by atoms with Crippen molar-refractivity contribution in [2.75, 3.05) is 24.6 Å². The maximum atomic E-state index is 12.5. The highest BCUT2D eigenvalue weighted by atomic mass is 16.5. The number of aryl methyl sites for hydroxylation is 1. The normalized spacial score (nSPS) is 14.9. The molecule has 138 valence electrons. The van der Waals surface area contributed by atoms with Crippen molar-refractivity contribution in [3.8, 4) is 5.75 Å². The third-order valence-electron chi connectivity index (χ3n) is 4.94. The van der Waals surface area contributed by atoms with Crippen LogP contribution in [0.1, 0.15) is 30.9 Å². The summed E-state index contributed by atoms with van der Waals surface area (Å²) in [6, 6.07) is 16.5. The van der Waals surface area contributed by atoms with Gasteiger partial charge in [-0.15, -0.1) is 0 Å². The van der Waals surface area contributed by atoms with Crippen LogP contribution in [-0.2, 0) is 11.3 Å². The van der Waals surface area contributed by atoms with Crippen LogP contribution in [0.15, 0.2) is 48.5 Å². The monoisotopic (exact) mass is 352 g/mol. The van der Waals surface area contributed by atoms with E-state index in [0.717, 1.165) is 37.2 Å². The van der Waals surface area contributed by atoms with E-state index in [4.69, 9.17) is 4.74 Å². The van der Waals surface area contributed by atoms with Crippen LogP contribution < -0.4 is 15.0 Å². The Hall–Kier alpha value is -2.49. The molecule has 0 aromatic heterocycles. The van der Waals surface area contributed by atoms with Gasteiger partial charge in [0.25, 0.3) is 0 Å². The number of nitrogens with zero attached hydrogens (tertiary/aromatic N) is 1. The number of carbonyl (C=O) groups is 1. The maximum Gasteiger partial charge on any atom is 0.223 e. The first-order chi connectivity index (χ1) is 12.7. The van der Waals surface area contributed by atoms with E-state index >= 15 is 0 Å². The molecule has 1 heterocycles. The number of carbonyl (C=O) groups excluding carboxylic acids is 1. The fourth-order valence-electron chi connectivity index (χ4n) is 3.40. The Morgan fingerprint density at radius 1 is 1.15 bits per heavy atom. The Morgan fingerprint density at radius 2 is 1.88 bits per heavy atom. The van der Waals surface area contributed by atoms with Gasteiger partial charge in [0, 0.05) is 31.2 Å². The molecule has 1 fully saturated rings. The topological polar surface area (TPSA) is 41.6 Å². The molecule has 3 rings (SSSR count). The zero-order valence-corrected chi connectivity index (χ0v) is 15.7. The van der Waals surface area contributed by atoms with Crippen molar-refractivity contribution in [2.45, 2.75) is 33.2 Å². The molecule has 0 aliphatic carbocycles. The van der Waals surface area contributed by atoms with E-state index in [1.54, 1.807) is 0 Å². The van der Waals surface area contributed by atoms with Crippen LogP contribution in [-0.4, -0.2) is 25.6 Å². The zero-order chi connectivity index (χ0) is 18.4.